The molecule has 0 saturated heterocycles. The summed E-state index contributed by atoms with van der Waals surface area (Å²) in [7, 11) is 1.85. The first-order valence-electron chi connectivity index (χ1n) is 9.81. The molecule has 0 spiro atoms. The molecule has 0 fully saturated rings. The number of aryl methyl sites for hydroxylation is 1. The van der Waals surface area contributed by atoms with Crippen molar-refractivity contribution in [3.8, 4) is 0 Å². The molecule has 5 rings (SSSR count). The minimum atomic E-state index is -0.836. The van der Waals surface area contributed by atoms with E-state index in [-0.39, 0.29) is 17.9 Å². The van der Waals surface area contributed by atoms with Crippen molar-refractivity contribution in [3.63, 3.8) is 0 Å². The highest BCUT2D eigenvalue weighted by molar-refractivity contribution is 5.84. The van der Waals surface area contributed by atoms with Gasteiger partial charge in [-0.25, -0.2) is 9.49 Å². The van der Waals surface area contributed by atoms with Crippen LogP contribution in [0.4, 0.5) is 4.39 Å². The van der Waals surface area contributed by atoms with Gasteiger partial charge in [-0.05, 0) is 18.6 Å². The molecule has 1 N–H and O–H groups in total. The van der Waals surface area contributed by atoms with Gasteiger partial charge in [0.25, 0.3) is 5.56 Å². The Bertz CT molecular complexity index is 1260. The van der Waals surface area contributed by atoms with Crippen molar-refractivity contribution < 1.29 is 9.18 Å². The number of aromatic nitrogens is 4. The monoisotopic (exact) mass is 405 g/mol. The van der Waals surface area contributed by atoms with E-state index in [9.17, 15) is 14.0 Å². The topological polar surface area (TPSA) is 83.9 Å². The van der Waals surface area contributed by atoms with E-state index in [2.05, 4.69) is 15.3 Å². The summed E-state index contributed by atoms with van der Waals surface area (Å²) in [6, 6.07) is 7.26. The lowest BCUT2D eigenvalue weighted by Gasteiger charge is -2.25. The summed E-state index contributed by atoms with van der Waals surface area (Å²) in [6.07, 6.45) is 5.71. The number of hydrogen-bond donors (Lipinski definition) is 1. The second-order valence-corrected chi connectivity index (χ2v) is 7.82. The predicted octanol–water partition coefficient (Wildman–Crippen LogP) is 2.54. The minimum absolute atomic E-state index is 0.228. The summed E-state index contributed by atoms with van der Waals surface area (Å²) in [5, 5.41) is 12.4. The van der Waals surface area contributed by atoms with Crippen LogP contribution in [0.3, 0.4) is 0 Å². The van der Waals surface area contributed by atoms with Crippen LogP contribution >= 0.6 is 0 Å². The molecule has 3 heterocycles. The Kier molecular flexibility index (Phi) is 4.34. The third-order valence-electron chi connectivity index (χ3n) is 5.75. The number of allylic oxidation sites excluding steroid dienone is 3. The number of fused-ring (bicyclic) bond motifs is 2. The summed E-state index contributed by atoms with van der Waals surface area (Å²) in [5.74, 6) is -1.49. The molecular formula is C22H20FN5O2. The van der Waals surface area contributed by atoms with Gasteiger partial charge in [0.15, 0.2) is 0 Å². The van der Waals surface area contributed by atoms with Gasteiger partial charge in [0.2, 0.25) is 5.91 Å². The highest BCUT2D eigenvalue weighted by Gasteiger charge is 2.34. The molecule has 1 aliphatic heterocycles. The van der Waals surface area contributed by atoms with Gasteiger partial charge in [0.05, 0.1) is 29.2 Å². The van der Waals surface area contributed by atoms with Gasteiger partial charge in [-0.15, -0.1) is 0 Å². The molecule has 1 aromatic carbocycles. The fourth-order valence-electron chi connectivity index (χ4n) is 4.27. The van der Waals surface area contributed by atoms with Gasteiger partial charge >= 0.3 is 0 Å². The van der Waals surface area contributed by atoms with E-state index in [0.29, 0.717) is 30.6 Å². The molecule has 2 aliphatic rings. The van der Waals surface area contributed by atoms with Crippen LogP contribution in [0.1, 0.15) is 23.4 Å². The van der Waals surface area contributed by atoms with Crippen LogP contribution in [-0.2, 0) is 31.4 Å². The van der Waals surface area contributed by atoms with Crippen molar-refractivity contribution in [3.05, 3.63) is 81.3 Å². The molecule has 152 valence electrons. The Morgan fingerprint density at radius 1 is 1.23 bits per heavy atom. The number of aromatic amines is 1. The molecule has 0 bridgehead atoms. The lowest BCUT2D eigenvalue weighted by atomic mass is 9.89. The van der Waals surface area contributed by atoms with Crippen LogP contribution in [0.5, 0.6) is 0 Å². The second kappa shape index (κ2) is 7.05. The quantitative estimate of drug-likeness (QED) is 0.726. The lowest BCUT2D eigenvalue weighted by Crippen LogP contribution is -2.33. The highest BCUT2D eigenvalue weighted by Crippen LogP contribution is 2.33. The molecule has 3 aromatic rings. The van der Waals surface area contributed by atoms with Crippen LogP contribution in [0.25, 0.3) is 10.8 Å². The first-order chi connectivity index (χ1) is 14.5. The Hall–Kier alpha value is -3.55. The Balaban J connectivity index is 1.36. The first-order valence-corrected chi connectivity index (χ1v) is 9.81. The van der Waals surface area contributed by atoms with E-state index in [0.717, 1.165) is 22.2 Å². The van der Waals surface area contributed by atoms with Gasteiger partial charge in [-0.3, -0.25) is 14.3 Å². The number of benzene rings is 1. The molecule has 0 saturated carbocycles. The normalized spacial score (nSPS) is 18.3. The summed E-state index contributed by atoms with van der Waals surface area (Å²) in [5.41, 5.74) is 3.23. The minimum Gasteiger partial charge on any atom is -0.332 e. The third-order valence-corrected chi connectivity index (χ3v) is 5.75. The fraction of sp³-hybridized carbons (Fsp3) is 0.273. The Morgan fingerprint density at radius 2 is 2.03 bits per heavy atom. The maximum Gasteiger partial charge on any atom is 0.272 e. The van der Waals surface area contributed by atoms with E-state index >= 15 is 0 Å². The van der Waals surface area contributed by atoms with Crippen LogP contribution in [0.15, 0.2) is 58.8 Å². The number of carbonyl (C=O) groups is 1. The number of nitrogens with zero attached hydrogens (tertiary/aromatic N) is 4. The number of amides is 1. The molecule has 1 unspecified atom stereocenters. The fourth-order valence-corrected chi connectivity index (χ4v) is 4.27. The Labute approximate surface area is 171 Å². The zero-order valence-electron chi connectivity index (χ0n) is 16.4. The average molecular weight is 405 g/mol. The third kappa shape index (κ3) is 3.14. The zero-order chi connectivity index (χ0) is 20.8. The van der Waals surface area contributed by atoms with E-state index in [1.165, 1.54) is 6.08 Å². The smallest absolute Gasteiger partial charge is 0.272 e. The van der Waals surface area contributed by atoms with Crippen molar-refractivity contribution in [2.24, 2.45) is 13.0 Å². The zero-order valence-corrected chi connectivity index (χ0v) is 16.4. The number of H-pyrrole nitrogens is 1. The van der Waals surface area contributed by atoms with Crippen LogP contribution in [-0.4, -0.2) is 30.8 Å². The maximum atomic E-state index is 14.6. The molecule has 7 nitrogen and oxygen atoms in total. The summed E-state index contributed by atoms with van der Waals surface area (Å²) in [4.78, 5) is 26.7. The van der Waals surface area contributed by atoms with Crippen LogP contribution in [0, 0.1) is 5.92 Å². The number of rotatable bonds is 3. The molecule has 1 amide bonds. The molecule has 1 aliphatic carbocycles. The molecule has 0 radical (unpaired) electrons. The molecule has 8 heteroatoms. The van der Waals surface area contributed by atoms with E-state index in [1.54, 1.807) is 27.8 Å². The van der Waals surface area contributed by atoms with Crippen molar-refractivity contribution in [1.82, 2.24) is 24.9 Å². The predicted molar refractivity (Wildman–Crippen MR) is 109 cm³/mol. The molecule has 30 heavy (non-hydrogen) atoms. The van der Waals surface area contributed by atoms with Crippen LogP contribution < -0.4 is 5.56 Å². The summed E-state index contributed by atoms with van der Waals surface area (Å²) < 4.78 is 16.3. The van der Waals surface area contributed by atoms with Crippen molar-refractivity contribution in [2.75, 3.05) is 0 Å². The van der Waals surface area contributed by atoms with Crippen LogP contribution in [0.2, 0.25) is 0 Å². The number of halogens is 1. The second-order valence-electron chi connectivity index (χ2n) is 7.82. The van der Waals surface area contributed by atoms with Gasteiger partial charge in [-0.2, -0.15) is 10.2 Å². The van der Waals surface area contributed by atoms with E-state index < -0.39 is 11.7 Å². The van der Waals surface area contributed by atoms with Crippen molar-refractivity contribution in [2.45, 2.75) is 25.9 Å². The van der Waals surface area contributed by atoms with Gasteiger partial charge < -0.3 is 4.90 Å². The molecule has 2 aromatic heterocycles. The maximum absolute atomic E-state index is 14.6. The standard InChI is InChI=1S/C22H20FN5O2/c1-27-10-14-11-28(12-20(14)26-27)22(30)17-8-13(6-7-18(17)23)9-19-15-4-2-3-5-16(15)21(29)25-24-19/h2-7,10,17H,8-9,11-12H2,1H3,(H,25,29). The summed E-state index contributed by atoms with van der Waals surface area (Å²) in [6.45, 7) is 0.862. The SMILES string of the molecule is Cn1cc2c(n1)CN(C(=O)C1CC(Cc3n[nH]c(=O)c4ccccc34)=CC=C1F)C2. The number of nitrogens with one attached hydrogen (secondary N) is 1. The van der Waals surface area contributed by atoms with Crippen molar-refractivity contribution in [1.29, 1.82) is 0 Å². The van der Waals surface area contributed by atoms with Gasteiger partial charge in [0, 0.05) is 37.2 Å². The van der Waals surface area contributed by atoms with E-state index in [1.807, 2.05) is 25.4 Å². The van der Waals surface area contributed by atoms with Gasteiger partial charge in [-0.1, -0.05) is 29.8 Å². The number of hydrogen-bond acceptors (Lipinski definition) is 4. The van der Waals surface area contributed by atoms with Crippen molar-refractivity contribution >= 4 is 16.7 Å². The average Bonchev–Trinajstić information content (AvgIpc) is 3.28. The Morgan fingerprint density at radius 3 is 2.83 bits per heavy atom. The highest BCUT2D eigenvalue weighted by atomic mass is 19.1. The van der Waals surface area contributed by atoms with E-state index in [4.69, 9.17) is 0 Å². The molecular weight excluding hydrogens is 385 g/mol. The first kappa shape index (κ1) is 18.5. The lowest BCUT2D eigenvalue weighted by molar-refractivity contribution is -0.135. The summed E-state index contributed by atoms with van der Waals surface area (Å²) >= 11 is 0. The number of carbonyl (C=O) groups excluding carboxylic acids is 1. The molecule has 1 atom stereocenters. The largest absolute Gasteiger partial charge is 0.332 e. The van der Waals surface area contributed by atoms with Gasteiger partial charge in [0.1, 0.15) is 5.83 Å².